The van der Waals surface area contributed by atoms with E-state index in [0.717, 1.165) is 29.5 Å². The summed E-state index contributed by atoms with van der Waals surface area (Å²) >= 11 is 0. The van der Waals surface area contributed by atoms with Crippen LogP contribution in [0.4, 0.5) is 0 Å². The summed E-state index contributed by atoms with van der Waals surface area (Å²) < 4.78 is 17.4. The SMILES string of the molecule is CCCCCCOc1ccc(C(=O)OC)c(OCc2ccccc2)c1-c1ccccc1. The molecular weight excluding hydrogens is 388 g/mol. The van der Waals surface area contributed by atoms with Gasteiger partial charge in [0.25, 0.3) is 0 Å². The van der Waals surface area contributed by atoms with E-state index in [1.165, 1.54) is 20.0 Å². The monoisotopic (exact) mass is 418 g/mol. The maximum atomic E-state index is 12.5. The summed E-state index contributed by atoms with van der Waals surface area (Å²) in [5, 5.41) is 0. The van der Waals surface area contributed by atoms with Gasteiger partial charge in [-0.05, 0) is 29.7 Å². The summed E-state index contributed by atoms with van der Waals surface area (Å²) in [5.74, 6) is 0.751. The van der Waals surface area contributed by atoms with E-state index in [1.807, 2.05) is 66.7 Å². The maximum absolute atomic E-state index is 12.5. The molecule has 162 valence electrons. The molecule has 0 aliphatic heterocycles. The third kappa shape index (κ3) is 6.11. The van der Waals surface area contributed by atoms with Gasteiger partial charge in [0, 0.05) is 0 Å². The zero-order valence-electron chi connectivity index (χ0n) is 18.3. The fraction of sp³-hybridized carbons (Fsp3) is 0.296. The fourth-order valence-corrected chi connectivity index (χ4v) is 3.42. The Hall–Kier alpha value is -3.27. The van der Waals surface area contributed by atoms with Gasteiger partial charge >= 0.3 is 5.97 Å². The minimum atomic E-state index is -0.435. The third-order valence-corrected chi connectivity index (χ3v) is 5.07. The number of benzene rings is 3. The molecule has 0 radical (unpaired) electrons. The van der Waals surface area contributed by atoms with Crippen molar-refractivity contribution in [3.05, 3.63) is 83.9 Å². The largest absolute Gasteiger partial charge is 0.493 e. The molecule has 0 amide bonds. The van der Waals surface area contributed by atoms with Crippen molar-refractivity contribution in [1.82, 2.24) is 0 Å². The molecule has 0 heterocycles. The smallest absolute Gasteiger partial charge is 0.341 e. The first-order chi connectivity index (χ1) is 15.2. The molecule has 0 spiro atoms. The fourth-order valence-electron chi connectivity index (χ4n) is 3.42. The molecule has 3 rings (SSSR count). The molecule has 0 bridgehead atoms. The first-order valence-corrected chi connectivity index (χ1v) is 10.8. The normalized spacial score (nSPS) is 10.5. The van der Waals surface area contributed by atoms with Gasteiger partial charge in [-0.1, -0.05) is 86.8 Å². The van der Waals surface area contributed by atoms with Gasteiger partial charge in [-0.2, -0.15) is 0 Å². The highest BCUT2D eigenvalue weighted by atomic mass is 16.5. The molecule has 0 saturated carbocycles. The Morgan fingerprint density at radius 1 is 0.806 bits per heavy atom. The number of ether oxygens (including phenoxy) is 3. The summed E-state index contributed by atoms with van der Waals surface area (Å²) in [6.07, 6.45) is 4.50. The van der Waals surface area contributed by atoms with E-state index in [4.69, 9.17) is 14.2 Å². The van der Waals surface area contributed by atoms with Crippen molar-refractivity contribution in [1.29, 1.82) is 0 Å². The van der Waals surface area contributed by atoms with Crippen molar-refractivity contribution in [2.24, 2.45) is 0 Å². The second-order valence-corrected chi connectivity index (χ2v) is 7.36. The van der Waals surface area contributed by atoms with E-state index < -0.39 is 5.97 Å². The van der Waals surface area contributed by atoms with Crippen LogP contribution in [0.5, 0.6) is 11.5 Å². The molecule has 0 atom stereocenters. The highest BCUT2D eigenvalue weighted by Crippen LogP contribution is 2.42. The molecule has 0 aromatic heterocycles. The number of methoxy groups -OCH3 is 1. The van der Waals surface area contributed by atoms with Crippen LogP contribution in [0.15, 0.2) is 72.8 Å². The molecule has 0 saturated heterocycles. The van der Waals surface area contributed by atoms with Gasteiger partial charge < -0.3 is 14.2 Å². The average molecular weight is 419 g/mol. The lowest BCUT2D eigenvalue weighted by atomic mass is 9.99. The van der Waals surface area contributed by atoms with Gasteiger partial charge in [0.2, 0.25) is 0 Å². The summed E-state index contributed by atoms with van der Waals surface area (Å²) in [6, 6.07) is 23.3. The standard InChI is InChI=1S/C27H30O4/c1-3-4-5-12-19-30-24-18-17-23(27(28)29-2)26(25(24)22-15-10-7-11-16-22)31-20-21-13-8-6-9-14-21/h6-11,13-18H,3-5,12,19-20H2,1-2H3. The van der Waals surface area contributed by atoms with Crippen molar-refractivity contribution >= 4 is 5.97 Å². The van der Waals surface area contributed by atoms with Crippen molar-refractivity contribution in [2.75, 3.05) is 13.7 Å². The number of unbranched alkanes of at least 4 members (excludes halogenated alkanes) is 3. The topological polar surface area (TPSA) is 44.8 Å². The van der Waals surface area contributed by atoms with E-state index in [2.05, 4.69) is 6.92 Å². The van der Waals surface area contributed by atoms with Gasteiger partial charge in [0.1, 0.15) is 23.7 Å². The zero-order valence-corrected chi connectivity index (χ0v) is 18.3. The van der Waals surface area contributed by atoms with Crippen LogP contribution in [0.1, 0.15) is 48.5 Å². The van der Waals surface area contributed by atoms with Crippen molar-refractivity contribution in [3.8, 4) is 22.6 Å². The Labute approximate surface area is 184 Å². The third-order valence-electron chi connectivity index (χ3n) is 5.07. The number of hydrogen-bond donors (Lipinski definition) is 0. The van der Waals surface area contributed by atoms with Crippen molar-refractivity contribution in [2.45, 2.75) is 39.2 Å². The van der Waals surface area contributed by atoms with Gasteiger partial charge in [0.05, 0.1) is 19.3 Å². The number of carbonyl (C=O) groups is 1. The Kier molecular flexibility index (Phi) is 8.53. The molecule has 0 N–H and O–H groups in total. The van der Waals surface area contributed by atoms with Crippen LogP contribution in [-0.2, 0) is 11.3 Å². The van der Waals surface area contributed by atoms with Crippen molar-refractivity contribution < 1.29 is 19.0 Å². The number of carbonyl (C=O) groups excluding carboxylic acids is 1. The van der Waals surface area contributed by atoms with Crippen LogP contribution in [0.2, 0.25) is 0 Å². The van der Waals surface area contributed by atoms with Gasteiger partial charge in [-0.15, -0.1) is 0 Å². The summed E-state index contributed by atoms with van der Waals surface area (Å²) in [6.45, 7) is 3.15. The number of esters is 1. The van der Waals surface area contributed by atoms with E-state index in [-0.39, 0.29) is 0 Å². The highest BCUT2D eigenvalue weighted by Gasteiger charge is 2.22. The lowest BCUT2D eigenvalue weighted by Gasteiger charge is -2.19. The molecule has 4 nitrogen and oxygen atoms in total. The second-order valence-electron chi connectivity index (χ2n) is 7.36. The van der Waals surface area contributed by atoms with Crippen LogP contribution in [0, 0.1) is 0 Å². The summed E-state index contributed by atoms with van der Waals surface area (Å²) in [7, 11) is 1.38. The number of rotatable bonds is 11. The Morgan fingerprint density at radius 3 is 2.19 bits per heavy atom. The van der Waals surface area contributed by atoms with Gasteiger partial charge in [0.15, 0.2) is 0 Å². The molecule has 31 heavy (non-hydrogen) atoms. The number of hydrogen-bond acceptors (Lipinski definition) is 4. The summed E-state index contributed by atoms with van der Waals surface area (Å²) in [5.41, 5.74) is 3.11. The average Bonchev–Trinajstić information content (AvgIpc) is 2.83. The minimum Gasteiger partial charge on any atom is -0.493 e. The maximum Gasteiger partial charge on any atom is 0.341 e. The first-order valence-electron chi connectivity index (χ1n) is 10.8. The molecule has 3 aromatic rings. The quantitative estimate of drug-likeness (QED) is 0.257. The van der Waals surface area contributed by atoms with Gasteiger partial charge in [-0.25, -0.2) is 4.79 Å². The molecule has 4 heteroatoms. The van der Waals surface area contributed by atoms with Crippen LogP contribution in [-0.4, -0.2) is 19.7 Å². The molecular formula is C27H30O4. The summed E-state index contributed by atoms with van der Waals surface area (Å²) in [4.78, 5) is 12.5. The van der Waals surface area contributed by atoms with Crippen LogP contribution < -0.4 is 9.47 Å². The van der Waals surface area contributed by atoms with E-state index in [9.17, 15) is 4.79 Å². The molecule has 0 aliphatic carbocycles. The van der Waals surface area contributed by atoms with Gasteiger partial charge in [-0.3, -0.25) is 0 Å². The van der Waals surface area contributed by atoms with E-state index in [0.29, 0.717) is 30.3 Å². The second kappa shape index (κ2) is 11.8. The van der Waals surface area contributed by atoms with E-state index in [1.54, 1.807) is 6.07 Å². The zero-order chi connectivity index (χ0) is 21.9. The highest BCUT2D eigenvalue weighted by molar-refractivity contribution is 5.97. The van der Waals surface area contributed by atoms with E-state index >= 15 is 0 Å². The van der Waals surface area contributed by atoms with Crippen molar-refractivity contribution in [3.63, 3.8) is 0 Å². The lowest BCUT2D eigenvalue weighted by Crippen LogP contribution is -2.09. The first kappa shape index (κ1) is 22.4. The van der Waals surface area contributed by atoms with Crippen LogP contribution >= 0.6 is 0 Å². The Morgan fingerprint density at radius 2 is 1.52 bits per heavy atom. The molecule has 3 aromatic carbocycles. The minimum absolute atomic E-state index is 0.338. The molecule has 0 unspecified atom stereocenters. The predicted molar refractivity (Wildman–Crippen MR) is 124 cm³/mol. The molecule has 0 fully saturated rings. The van der Waals surface area contributed by atoms with Crippen LogP contribution in [0.25, 0.3) is 11.1 Å². The molecule has 0 aliphatic rings. The predicted octanol–water partition coefficient (Wildman–Crippen LogP) is 6.68. The Bertz CT molecular complexity index is 952. The lowest BCUT2D eigenvalue weighted by molar-refractivity contribution is 0.0595. The Balaban J connectivity index is 1.99. The van der Waals surface area contributed by atoms with Crippen LogP contribution in [0.3, 0.4) is 0 Å².